The molecule has 2 rings (SSSR count). The molecule has 2 aromatic rings. The van der Waals surface area contributed by atoms with Gasteiger partial charge in [0.15, 0.2) is 0 Å². The number of furan rings is 1. The van der Waals surface area contributed by atoms with E-state index in [4.69, 9.17) is 4.42 Å². The Morgan fingerprint density at radius 1 is 0.867 bits per heavy atom. The molecule has 15 heavy (non-hydrogen) atoms. The highest BCUT2D eigenvalue weighted by molar-refractivity contribution is 5.85. The summed E-state index contributed by atoms with van der Waals surface area (Å²) in [6.07, 6.45) is 3.54. The quantitative estimate of drug-likeness (QED) is 0.751. The van der Waals surface area contributed by atoms with Crippen molar-refractivity contribution in [3.05, 3.63) is 23.9 Å². The second kappa shape index (κ2) is 3.65. The topological polar surface area (TPSA) is 38.9 Å². The van der Waals surface area contributed by atoms with Crippen LogP contribution in [0.5, 0.6) is 0 Å². The van der Waals surface area contributed by atoms with E-state index < -0.39 is 0 Å². The molecule has 2 aromatic heterocycles. The zero-order valence-corrected chi connectivity index (χ0v) is 9.61. The fourth-order valence-corrected chi connectivity index (χ4v) is 1.76. The van der Waals surface area contributed by atoms with Crippen molar-refractivity contribution in [1.82, 2.24) is 10.2 Å². The molecule has 2 heterocycles. The van der Waals surface area contributed by atoms with Crippen LogP contribution >= 0.6 is 0 Å². The average Bonchev–Trinajstić information content (AvgIpc) is 2.63. The summed E-state index contributed by atoms with van der Waals surface area (Å²) in [5.74, 6) is 0.748. The summed E-state index contributed by atoms with van der Waals surface area (Å²) in [5, 5.41) is 10.8. The molecule has 0 aliphatic heterocycles. The van der Waals surface area contributed by atoms with Crippen molar-refractivity contribution in [3.63, 3.8) is 0 Å². The highest BCUT2D eigenvalue weighted by Crippen LogP contribution is 2.28. The van der Waals surface area contributed by atoms with Crippen LogP contribution in [0.1, 0.15) is 50.9 Å². The van der Waals surface area contributed by atoms with Crippen molar-refractivity contribution in [1.29, 1.82) is 0 Å². The molecule has 0 saturated heterocycles. The monoisotopic (exact) mass is 204 g/mol. The van der Waals surface area contributed by atoms with E-state index >= 15 is 0 Å². The molecular weight excluding hydrogens is 188 g/mol. The summed E-state index contributed by atoms with van der Waals surface area (Å²) in [4.78, 5) is 0. The Hall–Kier alpha value is -1.38. The number of hydrogen-bond acceptors (Lipinski definition) is 3. The lowest BCUT2D eigenvalue weighted by molar-refractivity contribution is 0.571. The van der Waals surface area contributed by atoms with Gasteiger partial charge in [-0.15, -0.1) is 0 Å². The third kappa shape index (κ3) is 1.62. The number of rotatable bonds is 2. The Morgan fingerprint density at radius 3 is 1.60 bits per heavy atom. The first-order chi connectivity index (χ1) is 7.11. The lowest BCUT2D eigenvalue weighted by atomic mass is 10.0. The molecule has 0 atom stereocenters. The molecule has 0 amide bonds. The van der Waals surface area contributed by atoms with Crippen molar-refractivity contribution >= 4 is 10.8 Å². The number of nitrogens with zero attached hydrogens (tertiary/aromatic N) is 2. The van der Waals surface area contributed by atoms with Gasteiger partial charge >= 0.3 is 0 Å². The maximum atomic E-state index is 5.27. The first-order valence-electron chi connectivity index (χ1n) is 5.33. The van der Waals surface area contributed by atoms with Crippen LogP contribution in [0.15, 0.2) is 16.9 Å². The minimum absolute atomic E-state index is 0.374. The molecule has 0 aliphatic rings. The van der Waals surface area contributed by atoms with Crippen LogP contribution in [0.3, 0.4) is 0 Å². The Kier molecular flexibility index (Phi) is 2.47. The second-order valence-electron chi connectivity index (χ2n) is 4.48. The van der Waals surface area contributed by atoms with E-state index in [1.807, 2.05) is 0 Å². The fourth-order valence-electron chi connectivity index (χ4n) is 1.76. The van der Waals surface area contributed by atoms with Gasteiger partial charge < -0.3 is 4.42 Å². The van der Waals surface area contributed by atoms with E-state index in [1.54, 1.807) is 12.5 Å². The lowest BCUT2D eigenvalue weighted by Crippen LogP contribution is -2.01. The van der Waals surface area contributed by atoms with Crippen molar-refractivity contribution in [2.24, 2.45) is 0 Å². The van der Waals surface area contributed by atoms with Crippen LogP contribution < -0.4 is 0 Å². The SMILES string of the molecule is CC(C)c1nnc(C(C)C)c2cocc12. The highest BCUT2D eigenvalue weighted by atomic mass is 16.3. The van der Waals surface area contributed by atoms with E-state index in [1.165, 1.54) is 0 Å². The van der Waals surface area contributed by atoms with E-state index in [0.29, 0.717) is 11.8 Å². The summed E-state index contributed by atoms with van der Waals surface area (Å²) in [5.41, 5.74) is 2.03. The van der Waals surface area contributed by atoms with Crippen molar-refractivity contribution in [3.8, 4) is 0 Å². The highest BCUT2D eigenvalue weighted by Gasteiger charge is 2.15. The van der Waals surface area contributed by atoms with Crippen LogP contribution in [0.4, 0.5) is 0 Å². The first-order valence-corrected chi connectivity index (χ1v) is 5.33. The van der Waals surface area contributed by atoms with E-state index in [0.717, 1.165) is 22.2 Å². The van der Waals surface area contributed by atoms with Gasteiger partial charge in [-0.3, -0.25) is 0 Å². The lowest BCUT2D eigenvalue weighted by Gasteiger charge is -2.09. The van der Waals surface area contributed by atoms with E-state index in [9.17, 15) is 0 Å². The molecule has 0 unspecified atom stereocenters. The molecule has 0 bridgehead atoms. The van der Waals surface area contributed by atoms with Gasteiger partial charge in [0, 0.05) is 10.8 Å². The maximum Gasteiger partial charge on any atom is 0.100 e. The molecule has 3 nitrogen and oxygen atoms in total. The zero-order valence-electron chi connectivity index (χ0n) is 9.61. The average molecular weight is 204 g/mol. The molecule has 0 radical (unpaired) electrons. The van der Waals surface area contributed by atoms with Gasteiger partial charge in [-0.2, -0.15) is 10.2 Å². The largest absolute Gasteiger partial charge is 0.471 e. The van der Waals surface area contributed by atoms with Crippen LogP contribution in [0.2, 0.25) is 0 Å². The summed E-state index contributed by atoms with van der Waals surface area (Å²) in [6.45, 7) is 8.47. The number of hydrogen-bond donors (Lipinski definition) is 0. The fraction of sp³-hybridized carbons (Fsp3) is 0.500. The smallest absolute Gasteiger partial charge is 0.100 e. The van der Waals surface area contributed by atoms with Gasteiger partial charge in [0.1, 0.15) is 12.5 Å². The molecule has 0 aliphatic carbocycles. The molecule has 0 saturated carbocycles. The summed E-state index contributed by atoms with van der Waals surface area (Å²) >= 11 is 0. The number of fused-ring (bicyclic) bond motifs is 1. The van der Waals surface area contributed by atoms with E-state index in [2.05, 4.69) is 37.9 Å². The van der Waals surface area contributed by atoms with Gasteiger partial charge in [0.25, 0.3) is 0 Å². The van der Waals surface area contributed by atoms with Gasteiger partial charge in [0.05, 0.1) is 11.4 Å². The van der Waals surface area contributed by atoms with Gasteiger partial charge in [-0.05, 0) is 11.8 Å². The summed E-state index contributed by atoms with van der Waals surface area (Å²) < 4.78 is 5.27. The predicted molar refractivity (Wildman–Crippen MR) is 60.0 cm³/mol. The van der Waals surface area contributed by atoms with Crippen molar-refractivity contribution < 1.29 is 4.42 Å². The second-order valence-corrected chi connectivity index (χ2v) is 4.48. The summed E-state index contributed by atoms with van der Waals surface area (Å²) in [7, 11) is 0. The zero-order chi connectivity index (χ0) is 11.0. The minimum atomic E-state index is 0.374. The van der Waals surface area contributed by atoms with Crippen LogP contribution in [0, 0.1) is 0 Å². The maximum absolute atomic E-state index is 5.27. The molecular formula is C12H16N2O. The minimum Gasteiger partial charge on any atom is -0.471 e. The third-order valence-corrected chi connectivity index (χ3v) is 2.57. The first kappa shape index (κ1) is 10.1. The van der Waals surface area contributed by atoms with Gasteiger partial charge in [0.2, 0.25) is 0 Å². The van der Waals surface area contributed by atoms with Crippen LogP contribution in [0.25, 0.3) is 10.8 Å². The van der Waals surface area contributed by atoms with Crippen LogP contribution in [-0.2, 0) is 0 Å². The molecule has 0 spiro atoms. The Bertz CT molecular complexity index is 429. The Morgan fingerprint density at radius 2 is 1.27 bits per heavy atom. The normalized spacial score (nSPS) is 11.9. The Labute approximate surface area is 89.5 Å². The molecule has 0 fully saturated rings. The molecule has 0 N–H and O–H groups in total. The standard InChI is InChI=1S/C12H16N2O/c1-7(2)11-9-5-15-6-10(9)12(8(3)4)14-13-11/h5-8H,1-4H3. The van der Waals surface area contributed by atoms with Crippen LogP contribution in [-0.4, -0.2) is 10.2 Å². The molecule has 80 valence electrons. The van der Waals surface area contributed by atoms with Gasteiger partial charge in [-0.25, -0.2) is 0 Å². The predicted octanol–water partition coefficient (Wildman–Crippen LogP) is 3.47. The number of aromatic nitrogens is 2. The van der Waals surface area contributed by atoms with Gasteiger partial charge in [-0.1, -0.05) is 27.7 Å². The molecule has 3 heteroatoms. The summed E-state index contributed by atoms with van der Waals surface area (Å²) in [6, 6.07) is 0. The van der Waals surface area contributed by atoms with Crippen molar-refractivity contribution in [2.45, 2.75) is 39.5 Å². The van der Waals surface area contributed by atoms with Crippen molar-refractivity contribution in [2.75, 3.05) is 0 Å². The Balaban J connectivity index is 2.71. The third-order valence-electron chi connectivity index (χ3n) is 2.57. The van der Waals surface area contributed by atoms with E-state index in [-0.39, 0.29) is 0 Å². The molecule has 0 aromatic carbocycles.